The van der Waals surface area contributed by atoms with Gasteiger partial charge in [0.25, 0.3) is 5.91 Å². The van der Waals surface area contributed by atoms with Crippen molar-refractivity contribution in [3.05, 3.63) is 57.7 Å². The van der Waals surface area contributed by atoms with Crippen LogP contribution in [0.3, 0.4) is 0 Å². The van der Waals surface area contributed by atoms with Gasteiger partial charge in [-0.1, -0.05) is 12.1 Å². The molecule has 5 nitrogen and oxygen atoms in total. The van der Waals surface area contributed by atoms with E-state index in [4.69, 9.17) is 9.47 Å². The zero-order valence-electron chi connectivity index (χ0n) is 11.8. The molecule has 0 saturated heterocycles. The Labute approximate surface area is 141 Å². The van der Waals surface area contributed by atoms with E-state index in [1.165, 1.54) is 0 Å². The highest BCUT2D eigenvalue weighted by Crippen LogP contribution is 2.15. The van der Waals surface area contributed by atoms with Gasteiger partial charge in [-0.3, -0.25) is 4.79 Å². The summed E-state index contributed by atoms with van der Waals surface area (Å²) in [5.74, 6) is -0.220. The molecule has 6 heteroatoms. The highest BCUT2D eigenvalue weighted by molar-refractivity contribution is 14.1. The lowest BCUT2D eigenvalue weighted by atomic mass is 10.2. The molecule has 0 atom stereocenters. The highest BCUT2D eigenvalue weighted by atomic mass is 127. The second-order valence-corrected chi connectivity index (χ2v) is 5.49. The van der Waals surface area contributed by atoms with Crippen molar-refractivity contribution in [1.82, 2.24) is 0 Å². The second-order valence-electron chi connectivity index (χ2n) is 4.33. The molecule has 2 aromatic rings. The molecule has 1 N–H and O–H groups in total. The van der Waals surface area contributed by atoms with E-state index in [-0.39, 0.29) is 6.61 Å². The number of rotatable bonds is 5. The van der Waals surface area contributed by atoms with Crippen LogP contribution in [0, 0.1) is 3.57 Å². The molecule has 0 aliphatic rings. The fraction of sp³-hybridized carbons (Fsp3) is 0.125. The van der Waals surface area contributed by atoms with E-state index in [1.54, 1.807) is 49.6 Å². The third kappa shape index (κ3) is 4.45. The summed E-state index contributed by atoms with van der Waals surface area (Å²) in [6.45, 7) is -0.337. The number of carbonyl (C=O) groups is 2. The van der Waals surface area contributed by atoms with Crippen molar-refractivity contribution in [2.24, 2.45) is 0 Å². The first kappa shape index (κ1) is 16.3. The Morgan fingerprint density at radius 2 is 1.77 bits per heavy atom. The third-order valence-corrected chi connectivity index (χ3v) is 3.74. The third-order valence-electron chi connectivity index (χ3n) is 2.80. The molecule has 0 aliphatic heterocycles. The summed E-state index contributed by atoms with van der Waals surface area (Å²) in [5.41, 5.74) is 1.05. The monoisotopic (exact) mass is 411 g/mol. The van der Waals surface area contributed by atoms with Crippen LogP contribution in [0.25, 0.3) is 0 Å². The summed E-state index contributed by atoms with van der Waals surface area (Å²) in [7, 11) is 1.57. The van der Waals surface area contributed by atoms with Gasteiger partial charge in [0.2, 0.25) is 0 Å². The van der Waals surface area contributed by atoms with Crippen molar-refractivity contribution in [2.75, 3.05) is 19.0 Å². The molecule has 0 spiro atoms. The highest BCUT2D eigenvalue weighted by Gasteiger charge is 2.12. The van der Waals surface area contributed by atoms with Crippen LogP contribution in [0.1, 0.15) is 10.4 Å². The Bertz CT molecular complexity index is 670. The topological polar surface area (TPSA) is 64.6 Å². The van der Waals surface area contributed by atoms with Crippen molar-refractivity contribution in [2.45, 2.75) is 0 Å². The predicted octanol–water partition coefficient (Wildman–Crippen LogP) is 3.10. The largest absolute Gasteiger partial charge is 0.497 e. The van der Waals surface area contributed by atoms with Gasteiger partial charge in [0.15, 0.2) is 6.61 Å². The minimum absolute atomic E-state index is 0.337. The average Bonchev–Trinajstić information content (AvgIpc) is 2.54. The van der Waals surface area contributed by atoms with Gasteiger partial charge in [-0.2, -0.15) is 0 Å². The zero-order valence-corrected chi connectivity index (χ0v) is 14.0. The minimum Gasteiger partial charge on any atom is -0.497 e. The number of nitrogens with one attached hydrogen (secondary N) is 1. The summed E-state index contributed by atoms with van der Waals surface area (Å²) in [6, 6.07) is 13.9. The number of halogens is 1. The van der Waals surface area contributed by atoms with Crippen LogP contribution in [0.2, 0.25) is 0 Å². The molecule has 0 unspecified atom stereocenters. The maximum atomic E-state index is 11.9. The van der Waals surface area contributed by atoms with Crippen LogP contribution in [-0.2, 0) is 9.53 Å². The molecule has 22 heavy (non-hydrogen) atoms. The number of hydrogen-bond acceptors (Lipinski definition) is 4. The van der Waals surface area contributed by atoms with E-state index < -0.39 is 11.9 Å². The molecule has 1 amide bonds. The van der Waals surface area contributed by atoms with Crippen molar-refractivity contribution >= 4 is 40.2 Å². The summed E-state index contributed by atoms with van der Waals surface area (Å²) in [4.78, 5) is 23.6. The van der Waals surface area contributed by atoms with Crippen LogP contribution in [-0.4, -0.2) is 25.6 Å². The maximum Gasteiger partial charge on any atom is 0.339 e. The fourth-order valence-corrected chi connectivity index (χ4v) is 2.31. The Hall–Kier alpha value is -2.09. The molecule has 114 valence electrons. The van der Waals surface area contributed by atoms with E-state index in [2.05, 4.69) is 5.32 Å². The Morgan fingerprint density at radius 1 is 1.09 bits per heavy atom. The first-order valence-electron chi connectivity index (χ1n) is 6.45. The van der Waals surface area contributed by atoms with Gasteiger partial charge < -0.3 is 14.8 Å². The number of anilines is 1. The van der Waals surface area contributed by atoms with Crippen LogP contribution < -0.4 is 10.1 Å². The van der Waals surface area contributed by atoms with E-state index >= 15 is 0 Å². The summed E-state index contributed by atoms with van der Waals surface area (Å²) in [5, 5.41) is 2.64. The van der Waals surface area contributed by atoms with E-state index in [1.807, 2.05) is 28.7 Å². The van der Waals surface area contributed by atoms with Gasteiger partial charge >= 0.3 is 5.97 Å². The summed E-state index contributed by atoms with van der Waals surface area (Å²) < 4.78 is 10.8. The fourth-order valence-electron chi connectivity index (χ4n) is 1.71. The molecule has 2 aromatic carbocycles. The van der Waals surface area contributed by atoms with Crippen LogP contribution in [0.15, 0.2) is 48.5 Å². The molecule has 0 aromatic heterocycles. The number of benzene rings is 2. The number of hydrogen-bond donors (Lipinski definition) is 1. The average molecular weight is 411 g/mol. The summed E-state index contributed by atoms with van der Waals surface area (Å²) in [6.07, 6.45) is 0. The van der Waals surface area contributed by atoms with Gasteiger partial charge in [0.1, 0.15) is 5.75 Å². The van der Waals surface area contributed by atoms with Crippen molar-refractivity contribution in [1.29, 1.82) is 0 Å². The number of carbonyl (C=O) groups excluding carboxylic acids is 2. The minimum atomic E-state index is -0.519. The van der Waals surface area contributed by atoms with Crippen molar-refractivity contribution in [3.8, 4) is 5.75 Å². The smallest absolute Gasteiger partial charge is 0.339 e. The SMILES string of the molecule is COc1ccc(NC(=O)COC(=O)c2ccccc2I)cc1. The molecular formula is C16H14INO4. The molecular weight excluding hydrogens is 397 g/mol. The van der Waals surface area contributed by atoms with Crippen molar-refractivity contribution in [3.63, 3.8) is 0 Å². The standard InChI is InChI=1S/C16H14INO4/c1-21-12-8-6-11(7-9-12)18-15(19)10-22-16(20)13-4-2-3-5-14(13)17/h2-9H,10H2,1H3,(H,18,19). The number of amides is 1. The van der Waals surface area contributed by atoms with E-state index in [0.717, 1.165) is 3.57 Å². The van der Waals surface area contributed by atoms with Crippen LogP contribution in [0.5, 0.6) is 5.75 Å². The lowest BCUT2D eigenvalue weighted by molar-refractivity contribution is -0.119. The lowest BCUT2D eigenvalue weighted by Crippen LogP contribution is -2.21. The Balaban J connectivity index is 1.87. The van der Waals surface area contributed by atoms with Crippen LogP contribution in [0.4, 0.5) is 5.69 Å². The maximum absolute atomic E-state index is 11.9. The second kappa shape index (κ2) is 7.79. The molecule has 0 heterocycles. The first-order valence-corrected chi connectivity index (χ1v) is 7.53. The molecule has 0 radical (unpaired) electrons. The first-order chi connectivity index (χ1) is 10.6. The molecule has 0 fully saturated rings. The Morgan fingerprint density at radius 3 is 2.41 bits per heavy atom. The predicted molar refractivity (Wildman–Crippen MR) is 91.1 cm³/mol. The molecule has 0 saturated carbocycles. The lowest BCUT2D eigenvalue weighted by Gasteiger charge is -2.08. The van der Waals surface area contributed by atoms with E-state index in [0.29, 0.717) is 17.0 Å². The van der Waals surface area contributed by atoms with Crippen molar-refractivity contribution < 1.29 is 19.1 Å². The quantitative estimate of drug-likeness (QED) is 0.607. The zero-order chi connectivity index (χ0) is 15.9. The molecule has 2 rings (SSSR count). The number of ether oxygens (including phenoxy) is 2. The Kier molecular flexibility index (Phi) is 5.76. The molecule has 0 aliphatic carbocycles. The van der Waals surface area contributed by atoms with E-state index in [9.17, 15) is 9.59 Å². The summed E-state index contributed by atoms with van der Waals surface area (Å²) >= 11 is 2.04. The number of methoxy groups -OCH3 is 1. The van der Waals surface area contributed by atoms with Crippen LogP contribution >= 0.6 is 22.6 Å². The van der Waals surface area contributed by atoms with Gasteiger partial charge in [0.05, 0.1) is 12.7 Å². The normalized spacial score (nSPS) is 9.91. The molecule has 0 bridgehead atoms. The van der Waals surface area contributed by atoms with Gasteiger partial charge in [0, 0.05) is 9.26 Å². The van der Waals surface area contributed by atoms with Gasteiger partial charge in [-0.25, -0.2) is 4.79 Å². The van der Waals surface area contributed by atoms with Gasteiger partial charge in [-0.05, 0) is 59.0 Å². The van der Waals surface area contributed by atoms with Gasteiger partial charge in [-0.15, -0.1) is 0 Å². The number of esters is 1.